The second-order valence-corrected chi connectivity index (χ2v) is 7.02. The number of amides is 1. The van der Waals surface area contributed by atoms with Crippen LogP contribution in [-0.4, -0.2) is 21.6 Å². The topological polar surface area (TPSA) is 87.2 Å². The van der Waals surface area contributed by atoms with Crippen LogP contribution in [0.5, 0.6) is 5.75 Å². The van der Waals surface area contributed by atoms with Gasteiger partial charge in [0.25, 0.3) is 5.56 Å². The first-order valence-corrected chi connectivity index (χ1v) is 8.90. The molecule has 1 amide bonds. The van der Waals surface area contributed by atoms with Crippen LogP contribution in [0.25, 0.3) is 10.9 Å². The molecule has 1 saturated carbocycles. The van der Waals surface area contributed by atoms with Crippen LogP contribution in [0.1, 0.15) is 18.4 Å². The lowest BCUT2D eigenvalue weighted by Gasteiger charge is -2.33. The molecule has 6 nitrogen and oxygen atoms in total. The van der Waals surface area contributed by atoms with Gasteiger partial charge in [-0.05, 0) is 31.0 Å². The van der Waals surface area contributed by atoms with Crippen LogP contribution in [0.15, 0.2) is 41.5 Å². The number of fused-ring (bicyclic) bond motifs is 1. The highest BCUT2D eigenvalue weighted by molar-refractivity contribution is 5.80. The summed E-state index contributed by atoms with van der Waals surface area (Å²) in [6, 6.07) is 5.89. The number of halogens is 3. The van der Waals surface area contributed by atoms with Crippen molar-refractivity contribution in [2.24, 2.45) is 11.7 Å². The van der Waals surface area contributed by atoms with Gasteiger partial charge in [-0.3, -0.25) is 9.59 Å². The normalized spacial score (nSPS) is 18.4. The molecule has 9 heteroatoms. The Hall–Kier alpha value is -3.36. The Bertz CT molecular complexity index is 1150. The minimum atomic E-state index is -1.02. The van der Waals surface area contributed by atoms with Crippen molar-refractivity contribution >= 4 is 16.8 Å². The minimum Gasteiger partial charge on any atom is -0.490 e. The Labute approximate surface area is 162 Å². The van der Waals surface area contributed by atoms with Crippen LogP contribution >= 0.6 is 0 Å². The average molecular weight is 403 g/mol. The zero-order valence-corrected chi connectivity index (χ0v) is 15.1. The van der Waals surface area contributed by atoms with Crippen LogP contribution in [-0.2, 0) is 11.3 Å². The van der Waals surface area contributed by atoms with Gasteiger partial charge in [0.05, 0.1) is 23.8 Å². The van der Waals surface area contributed by atoms with Crippen molar-refractivity contribution < 1.29 is 22.7 Å². The van der Waals surface area contributed by atoms with Gasteiger partial charge in [-0.2, -0.15) is 4.98 Å². The standard InChI is InChI=1S/C20H16F3N3O3/c21-11-5-16(22)15(17(23)6-11)8-26-9-25-20(28)14-7-12(1-2-18(14)26)29-13-3-10(4-13)19(24)27/h1-2,5-7,9-10,13H,3-4,8H2,(H2,24,27)/t10-,13-. The quantitative estimate of drug-likeness (QED) is 0.709. The summed E-state index contributed by atoms with van der Waals surface area (Å²) < 4.78 is 48.3. The van der Waals surface area contributed by atoms with Gasteiger partial charge < -0.3 is 15.0 Å². The second kappa shape index (κ2) is 7.23. The maximum absolute atomic E-state index is 14.0. The lowest BCUT2D eigenvalue weighted by atomic mass is 9.82. The molecule has 0 aliphatic heterocycles. The molecule has 1 aromatic heterocycles. The van der Waals surface area contributed by atoms with Crippen molar-refractivity contribution in [1.82, 2.24) is 9.55 Å². The molecule has 3 aromatic rings. The van der Waals surface area contributed by atoms with E-state index in [2.05, 4.69) is 4.98 Å². The van der Waals surface area contributed by atoms with Gasteiger partial charge in [-0.1, -0.05) is 0 Å². The molecule has 0 saturated heterocycles. The van der Waals surface area contributed by atoms with E-state index in [4.69, 9.17) is 10.5 Å². The SMILES string of the molecule is NC(=O)[C@H]1C[C@H](Oc2ccc3c(c2)c(=O)ncn3Cc2c(F)cc(F)cc2F)C1. The minimum absolute atomic E-state index is 0.175. The zero-order valence-electron chi connectivity index (χ0n) is 15.1. The lowest BCUT2D eigenvalue weighted by molar-refractivity contribution is -0.127. The van der Waals surface area contributed by atoms with E-state index in [1.54, 1.807) is 12.1 Å². The van der Waals surface area contributed by atoms with Crippen LogP contribution in [0.2, 0.25) is 0 Å². The maximum atomic E-state index is 14.0. The largest absolute Gasteiger partial charge is 0.490 e. The fraction of sp³-hybridized carbons (Fsp3) is 0.250. The monoisotopic (exact) mass is 403 g/mol. The number of hydrogen-bond donors (Lipinski definition) is 1. The third-order valence-corrected chi connectivity index (χ3v) is 5.06. The highest BCUT2D eigenvalue weighted by Gasteiger charge is 2.34. The molecule has 150 valence electrons. The predicted octanol–water partition coefficient (Wildman–Crippen LogP) is 2.50. The van der Waals surface area contributed by atoms with Crippen molar-refractivity contribution in [3.8, 4) is 5.75 Å². The summed E-state index contributed by atoms with van der Waals surface area (Å²) in [5.41, 5.74) is 4.76. The number of benzene rings is 2. The zero-order chi connectivity index (χ0) is 20.7. The molecule has 2 aromatic carbocycles. The molecule has 0 atom stereocenters. The molecule has 2 N–H and O–H groups in total. The molecule has 4 rings (SSSR count). The summed E-state index contributed by atoms with van der Waals surface area (Å²) in [5.74, 6) is -3.22. The Morgan fingerprint density at radius 2 is 1.86 bits per heavy atom. The predicted molar refractivity (Wildman–Crippen MR) is 97.8 cm³/mol. The molecule has 1 fully saturated rings. The number of carbonyl (C=O) groups excluding carboxylic acids is 1. The van der Waals surface area contributed by atoms with E-state index in [0.717, 1.165) is 0 Å². The van der Waals surface area contributed by atoms with Crippen molar-refractivity contribution in [1.29, 1.82) is 0 Å². The van der Waals surface area contributed by atoms with Gasteiger partial charge in [0.15, 0.2) is 0 Å². The van der Waals surface area contributed by atoms with Crippen LogP contribution in [0.4, 0.5) is 13.2 Å². The summed E-state index contributed by atoms with van der Waals surface area (Å²) in [5, 5.41) is 0.207. The van der Waals surface area contributed by atoms with E-state index in [0.29, 0.717) is 36.2 Å². The van der Waals surface area contributed by atoms with Crippen molar-refractivity contribution in [2.75, 3.05) is 0 Å². The van der Waals surface area contributed by atoms with Gasteiger partial charge >= 0.3 is 0 Å². The first kappa shape index (κ1) is 19.0. The first-order valence-electron chi connectivity index (χ1n) is 8.90. The third-order valence-electron chi connectivity index (χ3n) is 5.06. The summed E-state index contributed by atoms with van der Waals surface area (Å²) in [6.45, 7) is -0.273. The van der Waals surface area contributed by atoms with E-state index in [1.807, 2.05) is 0 Å². The molecule has 1 aliphatic rings. The number of carbonyl (C=O) groups is 1. The average Bonchev–Trinajstić information content (AvgIpc) is 2.62. The van der Waals surface area contributed by atoms with Crippen molar-refractivity contribution in [3.05, 3.63) is 70.0 Å². The molecular formula is C20H16F3N3O3. The third kappa shape index (κ3) is 3.67. The second-order valence-electron chi connectivity index (χ2n) is 7.02. The van der Waals surface area contributed by atoms with Crippen LogP contribution in [0, 0.1) is 23.4 Å². The molecule has 0 bridgehead atoms. The highest BCUT2D eigenvalue weighted by atomic mass is 19.1. The molecule has 1 heterocycles. The molecule has 29 heavy (non-hydrogen) atoms. The summed E-state index contributed by atoms with van der Waals surface area (Å²) >= 11 is 0. The Balaban J connectivity index is 1.63. The number of primary amides is 1. The molecule has 0 unspecified atom stereocenters. The van der Waals surface area contributed by atoms with Gasteiger partial charge in [-0.15, -0.1) is 0 Å². The number of nitrogens with two attached hydrogens (primary N) is 1. The van der Waals surface area contributed by atoms with Gasteiger partial charge in [0.1, 0.15) is 29.3 Å². The summed E-state index contributed by atoms with van der Waals surface area (Å²) in [7, 11) is 0. The van der Waals surface area contributed by atoms with E-state index in [1.165, 1.54) is 17.0 Å². The smallest absolute Gasteiger partial charge is 0.280 e. The Morgan fingerprint density at radius 1 is 1.17 bits per heavy atom. The number of rotatable bonds is 5. The van der Waals surface area contributed by atoms with Crippen LogP contribution in [0.3, 0.4) is 0 Å². The first-order chi connectivity index (χ1) is 13.8. The molecular weight excluding hydrogens is 387 g/mol. The van der Waals surface area contributed by atoms with E-state index >= 15 is 0 Å². The van der Waals surface area contributed by atoms with Gasteiger partial charge in [0, 0.05) is 23.6 Å². The van der Waals surface area contributed by atoms with E-state index < -0.39 is 23.0 Å². The Kier molecular flexibility index (Phi) is 4.73. The number of hydrogen-bond acceptors (Lipinski definition) is 4. The molecule has 0 spiro atoms. The Morgan fingerprint density at radius 3 is 2.52 bits per heavy atom. The maximum Gasteiger partial charge on any atom is 0.280 e. The van der Waals surface area contributed by atoms with Gasteiger partial charge in [-0.25, -0.2) is 13.2 Å². The van der Waals surface area contributed by atoms with Crippen molar-refractivity contribution in [2.45, 2.75) is 25.5 Å². The lowest BCUT2D eigenvalue weighted by Crippen LogP contribution is -2.41. The molecule has 0 radical (unpaired) electrons. The fourth-order valence-electron chi connectivity index (χ4n) is 3.37. The van der Waals surface area contributed by atoms with E-state index in [-0.39, 0.29) is 35.4 Å². The number of nitrogens with zero attached hydrogens (tertiary/aromatic N) is 2. The van der Waals surface area contributed by atoms with Crippen molar-refractivity contribution in [3.63, 3.8) is 0 Å². The number of aromatic nitrogens is 2. The van der Waals surface area contributed by atoms with Crippen LogP contribution < -0.4 is 16.0 Å². The molecule has 1 aliphatic carbocycles. The summed E-state index contributed by atoms with van der Waals surface area (Å²) in [6.07, 6.45) is 2.02. The number of ether oxygens (including phenoxy) is 1. The fourth-order valence-corrected chi connectivity index (χ4v) is 3.37. The van der Waals surface area contributed by atoms with E-state index in [9.17, 15) is 22.8 Å². The summed E-state index contributed by atoms with van der Waals surface area (Å²) in [4.78, 5) is 27.0. The highest BCUT2D eigenvalue weighted by Crippen LogP contribution is 2.32. The van der Waals surface area contributed by atoms with Gasteiger partial charge in [0.2, 0.25) is 5.91 Å².